The quantitative estimate of drug-likeness (QED) is 0.196. The summed E-state index contributed by atoms with van der Waals surface area (Å²) in [6.45, 7) is 0. The van der Waals surface area contributed by atoms with Crippen LogP contribution in [0.15, 0.2) is 97.6 Å². The molecule has 6 rings (SSSR count). The Labute approximate surface area is 247 Å². The fraction of sp³-hybridized carbons (Fsp3) is 0.0938. The highest BCUT2D eigenvalue weighted by Gasteiger charge is 2.24. The highest BCUT2D eigenvalue weighted by atomic mass is 35.5. The maximum Gasteiger partial charge on any atom is 0.152 e. The van der Waals surface area contributed by atoms with Crippen molar-refractivity contribution in [2.24, 2.45) is 0 Å². The molecule has 0 atom stereocenters. The zero-order valence-corrected chi connectivity index (χ0v) is 23.6. The lowest BCUT2D eigenvalue weighted by atomic mass is 9.94. The molecular formula is C32H25Cl2N5O2. The van der Waals surface area contributed by atoms with Crippen molar-refractivity contribution in [3.05, 3.63) is 119 Å². The summed E-state index contributed by atoms with van der Waals surface area (Å²) in [5.41, 5.74) is 13.3. The number of anilines is 1. The first kappa shape index (κ1) is 26.6. The number of nitrogens with zero attached hydrogens (tertiary/aromatic N) is 4. The Morgan fingerprint density at radius 3 is 2.41 bits per heavy atom. The number of pyridine rings is 1. The molecule has 2 N–H and O–H groups in total. The highest BCUT2D eigenvalue weighted by molar-refractivity contribution is 6.42. The van der Waals surface area contributed by atoms with E-state index < -0.39 is 0 Å². The van der Waals surface area contributed by atoms with Crippen molar-refractivity contribution in [2.75, 3.05) is 12.8 Å². The molecule has 0 saturated carbocycles. The molecule has 0 fully saturated rings. The van der Waals surface area contributed by atoms with Crippen LogP contribution >= 0.6 is 23.2 Å². The van der Waals surface area contributed by atoms with Crippen LogP contribution in [-0.4, -0.2) is 26.7 Å². The standard InChI is InChI=1S/C32H25Cl2N5O2/c1-40-24-6-2-5-22(16-24)30-26(13-7-20-4-3-15-36-18-20)29(31-32(35)37-19-38-39(30)31)21-8-10-23(11-9-21)41-25-12-14-27(33)28(34)17-25/h2-6,8-12,14-19H,7,13H2,1H3,(H2,35,37,38). The molecule has 3 heterocycles. The van der Waals surface area contributed by atoms with Gasteiger partial charge in [-0.25, -0.2) is 9.50 Å². The van der Waals surface area contributed by atoms with E-state index in [0.29, 0.717) is 27.4 Å². The fourth-order valence-corrected chi connectivity index (χ4v) is 5.25. The monoisotopic (exact) mass is 581 g/mol. The third kappa shape index (κ3) is 5.42. The van der Waals surface area contributed by atoms with Crippen LogP contribution < -0.4 is 15.2 Å². The zero-order valence-electron chi connectivity index (χ0n) is 22.1. The Morgan fingerprint density at radius 1 is 0.829 bits per heavy atom. The molecule has 0 saturated heterocycles. The van der Waals surface area contributed by atoms with E-state index in [1.165, 1.54) is 6.33 Å². The smallest absolute Gasteiger partial charge is 0.152 e. The molecule has 6 aromatic rings. The lowest BCUT2D eigenvalue weighted by Crippen LogP contribution is -2.01. The first-order valence-corrected chi connectivity index (χ1v) is 13.7. The van der Waals surface area contributed by atoms with Gasteiger partial charge in [0.15, 0.2) is 5.82 Å². The second kappa shape index (κ2) is 11.5. The van der Waals surface area contributed by atoms with E-state index in [9.17, 15) is 0 Å². The third-order valence-electron chi connectivity index (χ3n) is 6.85. The van der Waals surface area contributed by atoms with Gasteiger partial charge in [-0.3, -0.25) is 4.98 Å². The van der Waals surface area contributed by atoms with Gasteiger partial charge < -0.3 is 15.2 Å². The molecule has 0 aliphatic rings. The molecule has 0 bridgehead atoms. The minimum absolute atomic E-state index is 0.392. The summed E-state index contributed by atoms with van der Waals surface area (Å²) in [6, 6.07) is 25.0. The Hall–Kier alpha value is -4.59. The minimum atomic E-state index is 0.392. The molecule has 9 heteroatoms. The lowest BCUT2D eigenvalue weighted by Gasteiger charge is -2.11. The van der Waals surface area contributed by atoms with Gasteiger partial charge in [0.25, 0.3) is 0 Å². The number of hydrogen-bond acceptors (Lipinski definition) is 6. The average Bonchev–Trinajstić information content (AvgIpc) is 3.34. The number of aromatic nitrogens is 4. The van der Waals surface area contributed by atoms with Crippen molar-refractivity contribution in [1.82, 2.24) is 19.6 Å². The Bertz CT molecular complexity index is 1840. The first-order valence-electron chi connectivity index (χ1n) is 12.9. The number of aryl methyl sites for hydroxylation is 1. The summed E-state index contributed by atoms with van der Waals surface area (Å²) in [4.78, 5) is 8.64. The van der Waals surface area contributed by atoms with Gasteiger partial charge in [-0.15, -0.1) is 0 Å². The van der Waals surface area contributed by atoms with Gasteiger partial charge in [-0.05, 0) is 72.0 Å². The normalized spacial score (nSPS) is 11.1. The Balaban J connectivity index is 1.49. The van der Waals surface area contributed by atoms with Crippen molar-refractivity contribution in [3.8, 4) is 39.6 Å². The summed E-state index contributed by atoms with van der Waals surface area (Å²) in [6.07, 6.45) is 6.65. The summed E-state index contributed by atoms with van der Waals surface area (Å²) < 4.78 is 13.5. The largest absolute Gasteiger partial charge is 0.497 e. The number of fused-ring (bicyclic) bond motifs is 1. The van der Waals surface area contributed by atoms with Gasteiger partial charge in [-0.1, -0.05) is 53.5 Å². The molecule has 3 aromatic heterocycles. The van der Waals surface area contributed by atoms with E-state index in [0.717, 1.165) is 57.6 Å². The van der Waals surface area contributed by atoms with Crippen LogP contribution in [0, 0.1) is 0 Å². The number of halogens is 2. The molecule has 41 heavy (non-hydrogen) atoms. The van der Waals surface area contributed by atoms with Crippen LogP contribution in [0.5, 0.6) is 17.2 Å². The van der Waals surface area contributed by atoms with E-state index in [1.807, 2.05) is 65.3 Å². The second-order valence-electron chi connectivity index (χ2n) is 9.40. The predicted octanol–water partition coefficient (Wildman–Crippen LogP) is 7.93. The van der Waals surface area contributed by atoms with Gasteiger partial charge in [0.2, 0.25) is 0 Å². The third-order valence-corrected chi connectivity index (χ3v) is 7.59. The maximum atomic E-state index is 6.52. The molecule has 204 valence electrons. The average molecular weight is 582 g/mol. The predicted molar refractivity (Wildman–Crippen MR) is 163 cm³/mol. The SMILES string of the molecule is COc1cccc(-c2c(CCc3cccnc3)c(-c3ccc(Oc4ccc(Cl)c(Cl)c4)cc3)c3c(N)ncnn23)c1. The van der Waals surface area contributed by atoms with E-state index in [1.54, 1.807) is 31.5 Å². The van der Waals surface area contributed by atoms with E-state index in [-0.39, 0.29) is 0 Å². The minimum Gasteiger partial charge on any atom is -0.497 e. The molecule has 0 aliphatic heterocycles. The maximum absolute atomic E-state index is 6.52. The van der Waals surface area contributed by atoms with Crippen LogP contribution in [0.2, 0.25) is 10.0 Å². The lowest BCUT2D eigenvalue weighted by molar-refractivity contribution is 0.415. The Kier molecular flexibility index (Phi) is 7.46. The number of hydrogen-bond donors (Lipinski definition) is 1. The molecule has 0 aliphatic carbocycles. The molecule has 3 aromatic carbocycles. The Morgan fingerprint density at radius 2 is 1.66 bits per heavy atom. The van der Waals surface area contributed by atoms with E-state index in [4.69, 9.17) is 38.4 Å². The van der Waals surface area contributed by atoms with Crippen LogP contribution in [0.1, 0.15) is 11.1 Å². The number of ether oxygens (including phenoxy) is 2. The van der Waals surface area contributed by atoms with Gasteiger partial charge in [-0.2, -0.15) is 5.10 Å². The second-order valence-corrected chi connectivity index (χ2v) is 10.2. The van der Waals surface area contributed by atoms with Crippen molar-refractivity contribution >= 4 is 34.5 Å². The molecule has 0 amide bonds. The van der Waals surface area contributed by atoms with Crippen LogP contribution in [0.4, 0.5) is 5.82 Å². The molecular weight excluding hydrogens is 557 g/mol. The van der Waals surface area contributed by atoms with Crippen LogP contribution in [-0.2, 0) is 12.8 Å². The summed E-state index contributed by atoms with van der Waals surface area (Å²) in [5.74, 6) is 2.40. The van der Waals surface area contributed by atoms with Gasteiger partial charge in [0.1, 0.15) is 29.1 Å². The van der Waals surface area contributed by atoms with Crippen molar-refractivity contribution in [1.29, 1.82) is 0 Å². The van der Waals surface area contributed by atoms with Crippen molar-refractivity contribution in [2.45, 2.75) is 12.8 Å². The van der Waals surface area contributed by atoms with E-state index >= 15 is 0 Å². The van der Waals surface area contributed by atoms with Crippen molar-refractivity contribution < 1.29 is 9.47 Å². The number of nitrogen functional groups attached to an aromatic ring is 1. The van der Waals surface area contributed by atoms with Gasteiger partial charge >= 0.3 is 0 Å². The summed E-state index contributed by atoms with van der Waals surface area (Å²) in [5, 5.41) is 5.55. The number of benzene rings is 3. The van der Waals surface area contributed by atoms with Crippen LogP contribution in [0.3, 0.4) is 0 Å². The zero-order chi connectivity index (χ0) is 28.3. The first-order chi connectivity index (χ1) is 20.0. The number of methoxy groups -OCH3 is 1. The molecule has 0 spiro atoms. The summed E-state index contributed by atoms with van der Waals surface area (Å²) >= 11 is 12.2. The number of nitrogens with two attached hydrogens (primary N) is 1. The summed E-state index contributed by atoms with van der Waals surface area (Å²) in [7, 11) is 1.66. The molecule has 7 nitrogen and oxygen atoms in total. The van der Waals surface area contributed by atoms with Gasteiger partial charge in [0.05, 0.1) is 22.8 Å². The fourth-order valence-electron chi connectivity index (χ4n) is 4.96. The molecule has 0 radical (unpaired) electrons. The topological polar surface area (TPSA) is 87.6 Å². The van der Waals surface area contributed by atoms with Crippen LogP contribution in [0.25, 0.3) is 27.9 Å². The van der Waals surface area contributed by atoms with Crippen molar-refractivity contribution in [3.63, 3.8) is 0 Å². The van der Waals surface area contributed by atoms with E-state index in [2.05, 4.69) is 21.1 Å². The number of rotatable bonds is 8. The van der Waals surface area contributed by atoms with Gasteiger partial charge in [0, 0.05) is 29.6 Å². The molecule has 0 unspecified atom stereocenters. The highest BCUT2D eigenvalue weighted by Crippen LogP contribution is 2.41.